The quantitative estimate of drug-likeness (QED) is 0.745. The van der Waals surface area contributed by atoms with Gasteiger partial charge in [-0.25, -0.2) is 4.98 Å². The summed E-state index contributed by atoms with van der Waals surface area (Å²) in [6.07, 6.45) is 3.88. The minimum absolute atomic E-state index is 0.0844. The van der Waals surface area contributed by atoms with Crippen molar-refractivity contribution >= 4 is 32.7 Å². The van der Waals surface area contributed by atoms with Crippen molar-refractivity contribution in [1.29, 1.82) is 0 Å². The van der Waals surface area contributed by atoms with Crippen molar-refractivity contribution in [2.45, 2.75) is 38.8 Å². The van der Waals surface area contributed by atoms with Crippen LogP contribution in [0.1, 0.15) is 26.2 Å². The summed E-state index contributed by atoms with van der Waals surface area (Å²) in [5.41, 5.74) is 0.559. The van der Waals surface area contributed by atoms with Crippen LogP contribution in [0.4, 0.5) is 0 Å². The number of aryl methyl sites for hydroxylation is 1. The Hall–Kier alpha value is -1.73. The molecule has 26 heavy (non-hydrogen) atoms. The van der Waals surface area contributed by atoms with Gasteiger partial charge in [-0.1, -0.05) is 22.9 Å². The first-order chi connectivity index (χ1) is 12.5. The van der Waals surface area contributed by atoms with Crippen LogP contribution in [-0.4, -0.2) is 58.0 Å². The van der Waals surface area contributed by atoms with Crippen LogP contribution in [0.15, 0.2) is 33.8 Å². The number of likely N-dealkylation sites (tertiary alicyclic amines) is 1. The fourth-order valence-electron chi connectivity index (χ4n) is 3.51. The highest BCUT2D eigenvalue weighted by atomic mass is 79.9. The molecule has 1 amide bonds. The number of carbonyl (C=O) groups excluding carboxylic acids is 1. The van der Waals surface area contributed by atoms with Crippen molar-refractivity contribution in [3.63, 3.8) is 0 Å². The maximum Gasteiger partial charge on any atom is 0.261 e. The Bertz CT molecular complexity index is 843. The molecule has 1 saturated heterocycles. The zero-order valence-corrected chi connectivity index (χ0v) is 16.9. The molecule has 140 valence electrons. The summed E-state index contributed by atoms with van der Waals surface area (Å²) < 4.78 is 2.37. The predicted molar refractivity (Wildman–Crippen MR) is 106 cm³/mol. The Morgan fingerprint density at radius 2 is 2.08 bits per heavy atom. The zero-order chi connectivity index (χ0) is 18.7. The SMILES string of the molecule is CCN1CCC(N(C)C(=O)CCn2cnc3ccc(Br)cc3c2=O)CC1. The number of hydrogen-bond donors (Lipinski definition) is 0. The van der Waals surface area contributed by atoms with E-state index < -0.39 is 0 Å². The second kappa shape index (κ2) is 8.31. The molecule has 0 aliphatic carbocycles. The van der Waals surface area contributed by atoms with Crippen LogP contribution in [0.3, 0.4) is 0 Å². The lowest BCUT2D eigenvalue weighted by Crippen LogP contribution is -2.45. The van der Waals surface area contributed by atoms with Crippen molar-refractivity contribution in [2.75, 3.05) is 26.7 Å². The Labute approximate surface area is 161 Å². The number of nitrogens with zero attached hydrogens (tertiary/aromatic N) is 4. The molecule has 0 N–H and O–H groups in total. The minimum Gasteiger partial charge on any atom is -0.343 e. The fourth-order valence-corrected chi connectivity index (χ4v) is 3.87. The number of hydrogen-bond acceptors (Lipinski definition) is 4. The van der Waals surface area contributed by atoms with Gasteiger partial charge in [0.25, 0.3) is 5.56 Å². The Morgan fingerprint density at radius 1 is 1.35 bits per heavy atom. The van der Waals surface area contributed by atoms with Gasteiger partial charge >= 0.3 is 0 Å². The molecule has 2 aromatic rings. The normalized spacial score (nSPS) is 16.1. The van der Waals surface area contributed by atoms with Gasteiger partial charge in [0.05, 0.1) is 17.2 Å². The average molecular weight is 421 g/mol. The van der Waals surface area contributed by atoms with E-state index in [1.807, 2.05) is 24.1 Å². The summed E-state index contributed by atoms with van der Waals surface area (Å²) in [5.74, 6) is 0.0844. The van der Waals surface area contributed by atoms with Crippen LogP contribution < -0.4 is 5.56 Å². The van der Waals surface area contributed by atoms with Gasteiger partial charge in [-0.05, 0) is 37.6 Å². The third kappa shape index (κ3) is 4.15. The van der Waals surface area contributed by atoms with Crippen LogP contribution in [0, 0.1) is 0 Å². The fraction of sp³-hybridized carbons (Fsp3) is 0.526. The van der Waals surface area contributed by atoms with Crippen LogP contribution in [-0.2, 0) is 11.3 Å². The largest absolute Gasteiger partial charge is 0.343 e. The number of piperidine rings is 1. The van der Waals surface area contributed by atoms with Gasteiger partial charge in [-0.3, -0.25) is 14.2 Å². The molecular formula is C19H25BrN4O2. The Balaban J connectivity index is 1.63. The summed E-state index contributed by atoms with van der Waals surface area (Å²) in [5, 5.41) is 0.564. The molecule has 0 radical (unpaired) electrons. The van der Waals surface area contributed by atoms with E-state index in [1.165, 1.54) is 10.9 Å². The highest BCUT2D eigenvalue weighted by Gasteiger charge is 2.24. The first kappa shape index (κ1) is 19.0. The van der Waals surface area contributed by atoms with E-state index in [0.29, 0.717) is 29.9 Å². The van der Waals surface area contributed by atoms with Crippen LogP contribution in [0.5, 0.6) is 0 Å². The molecule has 1 aromatic heterocycles. The van der Waals surface area contributed by atoms with E-state index in [2.05, 4.69) is 32.7 Å². The highest BCUT2D eigenvalue weighted by Crippen LogP contribution is 2.17. The number of halogens is 1. The second-order valence-electron chi connectivity index (χ2n) is 6.82. The van der Waals surface area contributed by atoms with Crippen molar-refractivity contribution in [3.8, 4) is 0 Å². The van der Waals surface area contributed by atoms with E-state index in [0.717, 1.165) is 36.9 Å². The van der Waals surface area contributed by atoms with Gasteiger partial charge in [0, 0.05) is 43.6 Å². The number of rotatable bonds is 5. The predicted octanol–water partition coefficient (Wildman–Crippen LogP) is 2.49. The Morgan fingerprint density at radius 3 is 2.77 bits per heavy atom. The molecule has 1 fully saturated rings. The molecular weight excluding hydrogens is 396 g/mol. The van der Waals surface area contributed by atoms with Gasteiger partial charge in [-0.15, -0.1) is 0 Å². The van der Waals surface area contributed by atoms with Crippen molar-refractivity contribution in [3.05, 3.63) is 39.4 Å². The first-order valence-corrected chi connectivity index (χ1v) is 9.91. The molecule has 7 heteroatoms. The third-order valence-electron chi connectivity index (χ3n) is 5.30. The van der Waals surface area contributed by atoms with Gasteiger partial charge in [-0.2, -0.15) is 0 Å². The summed E-state index contributed by atoms with van der Waals surface area (Å²) in [4.78, 5) is 33.8. The van der Waals surface area contributed by atoms with Crippen LogP contribution in [0.25, 0.3) is 10.9 Å². The number of amides is 1. The van der Waals surface area contributed by atoms with Crippen molar-refractivity contribution < 1.29 is 4.79 Å². The minimum atomic E-state index is -0.108. The van der Waals surface area contributed by atoms with E-state index >= 15 is 0 Å². The van der Waals surface area contributed by atoms with Crippen molar-refractivity contribution in [2.24, 2.45) is 0 Å². The smallest absolute Gasteiger partial charge is 0.261 e. The molecule has 0 bridgehead atoms. The lowest BCUT2D eigenvalue weighted by Gasteiger charge is -2.36. The summed E-state index contributed by atoms with van der Waals surface area (Å²) in [7, 11) is 1.88. The topological polar surface area (TPSA) is 58.4 Å². The lowest BCUT2D eigenvalue weighted by molar-refractivity contribution is -0.133. The second-order valence-corrected chi connectivity index (χ2v) is 7.74. The molecule has 0 saturated carbocycles. The monoisotopic (exact) mass is 420 g/mol. The Kier molecular flexibility index (Phi) is 6.09. The number of benzene rings is 1. The molecule has 6 nitrogen and oxygen atoms in total. The summed E-state index contributed by atoms with van der Waals surface area (Å²) in [6, 6.07) is 5.75. The zero-order valence-electron chi connectivity index (χ0n) is 15.3. The molecule has 1 aliphatic heterocycles. The first-order valence-electron chi connectivity index (χ1n) is 9.12. The number of carbonyl (C=O) groups is 1. The molecule has 2 heterocycles. The van der Waals surface area contributed by atoms with Crippen molar-refractivity contribution in [1.82, 2.24) is 19.4 Å². The molecule has 1 aliphatic rings. The highest BCUT2D eigenvalue weighted by molar-refractivity contribution is 9.10. The third-order valence-corrected chi connectivity index (χ3v) is 5.79. The standard InChI is InChI=1S/C19H25BrN4O2/c1-3-23-9-6-15(7-10-23)22(2)18(25)8-11-24-13-21-17-5-4-14(20)12-16(17)19(24)26/h4-5,12-13,15H,3,6-11H2,1-2H3. The average Bonchev–Trinajstić information content (AvgIpc) is 2.67. The molecule has 0 unspecified atom stereocenters. The lowest BCUT2D eigenvalue weighted by atomic mass is 10.0. The van der Waals surface area contributed by atoms with E-state index in [-0.39, 0.29) is 11.5 Å². The molecule has 3 rings (SSSR count). The summed E-state index contributed by atoms with van der Waals surface area (Å²) >= 11 is 3.39. The van der Waals surface area contributed by atoms with Gasteiger partial charge in [0.15, 0.2) is 0 Å². The van der Waals surface area contributed by atoms with Gasteiger partial charge < -0.3 is 9.80 Å². The maximum atomic E-state index is 12.6. The van der Waals surface area contributed by atoms with Gasteiger partial charge in [0.2, 0.25) is 5.91 Å². The van der Waals surface area contributed by atoms with E-state index in [4.69, 9.17) is 0 Å². The molecule has 1 aromatic carbocycles. The molecule has 0 atom stereocenters. The van der Waals surface area contributed by atoms with Crippen LogP contribution >= 0.6 is 15.9 Å². The number of aromatic nitrogens is 2. The van der Waals surface area contributed by atoms with Gasteiger partial charge in [0.1, 0.15) is 0 Å². The van der Waals surface area contributed by atoms with E-state index in [9.17, 15) is 9.59 Å². The maximum absolute atomic E-state index is 12.6. The summed E-state index contributed by atoms with van der Waals surface area (Å²) in [6.45, 7) is 5.68. The molecule has 0 spiro atoms. The van der Waals surface area contributed by atoms with Crippen LogP contribution in [0.2, 0.25) is 0 Å². The van der Waals surface area contributed by atoms with E-state index in [1.54, 1.807) is 6.07 Å². The number of fused-ring (bicyclic) bond motifs is 1.